The van der Waals surface area contributed by atoms with Gasteiger partial charge in [-0.1, -0.05) is 11.3 Å². The number of benzene rings is 1. The second-order valence-corrected chi connectivity index (χ2v) is 8.79. The predicted octanol–water partition coefficient (Wildman–Crippen LogP) is 3.84. The number of ether oxygens (including phenoxy) is 2. The average molecular weight is 378 g/mol. The Balaban J connectivity index is 1.65. The number of aromatic nitrogens is 1. The molecule has 2 heterocycles. The molecule has 1 aromatic carbocycles. The molecule has 1 aliphatic heterocycles. The molecule has 1 N–H and O–H groups in total. The van der Waals surface area contributed by atoms with E-state index in [9.17, 15) is 4.79 Å². The van der Waals surface area contributed by atoms with Crippen molar-refractivity contribution in [2.75, 3.05) is 20.2 Å². The predicted molar refractivity (Wildman–Crippen MR) is 103 cm³/mol. The van der Waals surface area contributed by atoms with Crippen molar-refractivity contribution in [3.8, 4) is 5.75 Å². The zero-order chi connectivity index (χ0) is 18.9. The number of piperidine rings is 1. The summed E-state index contributed by atoms with van der Waals surface area (Å²) in [4.78, 5) is 14.5. The summed E-state index contributed by atoms with van der Waals surface area (Å²) in [6.45, 7) is 7.91. The molecule has 0 spiro atoms. The van der Waals surface area contributed by atoms with E-state index in [4.69, 9.17) is 14.9 Å². The molecule has 1 saturated heterocycles. The molecule has 3 rings (SSSR count). The molecule has 142 valence electrons. The highest BCUT2D eigenvalue weighted by atomic mass is 32.1. The third-order valence-electron chi connectivity index (χ3n) is 4.62. The van der Waals surface area contributed by atoms with E-state index in [2.05, 4.69) is 4.57 Å². The highest BCUT2D eigenvalue weighted by Crippen LogP contribution is 2.26. The van der Waals surface area contributed by atoms with E-state index in [-0.39, 0.29) is 6.09 Å². The van der Waals surface area contributed by atoms with Crippen molar-refractivity contribution in [3.63, 3.8) is 0 Å². The van der Waals surface area contributed by atoms with E-state index >= 15 is 0 Å². The summed E-state index contributed by atoms with van der Waals surface area (Å²) in [5.74, 6) is 1.28. The number of carbonyl (C=O) groups is 1. The summed E-state index contributed by atoms with van der Waals surface area (Å²) in [5.41, 5.74) is 0.621. The number of nitrogens with one attached hydrogen (secondary N) is 1. The summed E-state index contributed by atoms with van der Waals surface area (Å²) >= 11 is 1.47. The van der Waals surface area contributed by atoms with Gasteiger partial charge in [-0.25, -0.2) is 4.79 Å². The maximum atomic E-state index is 12.2. The van der Waals surface area contributed by atoms with Gasteiger partial charge in [-0.05, 0) is 57.7 Å². The fraction of sp³-hybridized carbons (Fsp3) is 0.579. The average Bonchev–Trinajstić information content (AvgIpc) is 2.88. The molecule has 1 aliphatic rings. The van der Waals surface area contributed by atoms with Gasteiger partial charge in [0.05, 0.1) is 17.3 Å². The number of hydrogen-bond donors (Lipinski definition) is 1. The van der Waals surface area contributed by atoms with Crippen LogP contribution in [0.2, 0.25) is 0 Å². The fourth-order valence-electron chi connectivity index (χ4n) is 3.26. The van der Waals surface area contributed by atoms with Gasteiger partial charge in [0, 0.05) is 19.6 Å². The molecule has 1 fully saturated rings. The van der Waals surface area contributed by atoms with Crippen LogP contribution in [0.4, 0.5) is 4.79 Å². The van der Waals surface area contributed by atoms with Crippen LogP contribution < -0.4 is 9.54 Å². The molecule has 0 bridgehead atoms. The second kappa shape index (κ2) is 7.31. The lowest BCUT2D eigenvalue weighted by Gasteiger charge is -2.33. The van der Waals surface area contributed by atoms with E-state index in [0.717, 1.165) is 35.4 Å². The standard InChI is InChI=1S/C19H27N3O3S/c1-19(2,3)25-18(23)21-9-7-13(8-10-21)12-22-15-6-5-14(24-4)11-16(15)26-17(22)20/h5-6,11,13,20H,7-10,12H2,1-4H3. The Morgan fingerprint density at radius 3 is 2.62 bits per heavy atom. The molecule has 1 aromatic heterocycles. The normalized spacial score (nSPS) is 16.1. The van der Waals surface area contributed by atoms with E-state index in [1.807, 2.05) is 39.0 Å². The molecule has 2 aromatic rings. The first-order valence-corrected chi connectivity index (χ1v) is 9.78. The van der Waals surface area contributed by atoms with Crippen LogP contribution in [-0.4, -0.2) is 41.4 Å². The van der Waals surface area contributed by atoms with Crippen LogP contribution in [0.3, 0.4) is 0 Å². The van der Waals surface area contributed by atoms with Crippen LogP contribution in [-0.2, 0) is 11.3 Å². The minimum atomic E-state index is -0.458. The minimum absolute atomic E-state index is 0.224. The molecule has 6 nitrogen and oxygen atoms in total. The summed E-state index contributed by atoms with van der Waals surface area (Å²) < 4.78 is 13.9. The summed E-state index contributed by atoms with van der Waals surface area (Å²) in [7, 11) is 1.66. The smallest absolute Gasteiger partial charge is 0.410 e. The lowest BCUT2D eigenvalue weighted by Crippen LogP contribution is -2.42. The number of methoxy groups -OCH3 is 1. The summed E-state index contributed by atoms with van der Waals surface area (Å²) in [6, 6.07) is 5.95. The first-order valence-electron chi connectivity index (χ1n) is 8.97. The zero-order valence-corrected chi connectivity index (χ0v) is 16.7. The number of fused-ring (bicyclic) bond motifs is 1. The molecule has 0 saturated carbocycles. The Morgan fingerprint density at radius 2 is 2.00 bits per heavy atom. The Bertz CT molecular complexity index is 842. The van der Waals surface area contributed by atoms with Gasteiger partial charge >= 0.3 is 6.09 Å². The Kier molecular flexibility index (Phi) is 5.27. The Morgan fingerprint density at radius 1 is 1.31 bits per heavy atom. The van der Waals surface area contributed by atoms with Gasteiger partial charge in [0.2, 0.25) is 0 Å². The molecule has 1 amide bonds. The maximum Gasteiger partial charge on any atom is 0.410 e. The Labute approximate surface area is 157 Å². The van der Waals surface area contributed by atoms with Gasteiger partial charge < -0.3 is 18.9 Å². The van der Waals surface area contributed by atoms with Gasteiger partial charge in [0.1, 0.15) is 11.4 Å². The third kappa shape index (κ3) is 4.20. The first-order chi connectivity index (χ1) is 12.3. The van der Waals surface area contributed by atoms with Gasteiger partial charge in [0.25, 0.3) is 0 Å². The summed E-state index contributed by atoms with van der Waals surface area (Å²) in [5, 5.41) is 8.31. The quantitative estimate of drug-likeness (QED) is 0.884. The van der Waals surface area contributed by atoms with Gasteiger partial charge in [0.15, 0.2) is 4.80 Å². The van der Waals surface area contributed by atoms with Gasteiger partial charge in [-0.2, -0.15) is 0 Å². The number of carbonyl (C=O) groups excluding carboxylic acids is 1. The van der Waals surface area contributed by atoms with Crippen molar-refractivity contribution >= 4 is 27.6 Å². The number of nitrogens with zero attached hydrogens (tertiary/aromatic N) is 2. The van der Waals surface area contributed by atoms with Crippen LogP contribution in [0.15, 0.2) is 18.2 Å². The number of rotatable bonds is 3. The lowest BCUT2D eigenvalue weighted by molar-refractivity contribution is 0.0178. The first kappa shape index (κ1) is 18.8. The highest BCUT2D eigenvalue weighted by molar-refractivity contribution is 7.16. The highest BCUT2D eigenvalue weighted by Gasteiger charge is 2.27. The van der Waals surface area contributed by atoms with Crippen molar-refractivity contribution in [3.05, 3.63) is 23.0 Å². The molecular formula is C19H27N3O3S. The van der Waals surface area contributed by atoms with E-state index in [0.29, 0.717) is 23.8 Å². The largest absolute Gasteiger partial charge is 0.497 e. The monoisotopic (exact) mass is 377 g/mol. The number of thiazole rings is 1. The number of amides is 1. The van der Waals surface area contributed by atoms with Crippen molar-refractivity contribution < 1.29 is 14.3 Å². The van der Waals surface area contributed by atoms with E-state index in [1.54, 1.807) is 12.0 Å². The fourth-order valence-corrected chi connectivity index (χ4v) is 4.21. The van der Waals surface area contributed by atoms with Crippen LogP contribution in [0.5, 0.6) is 5.75 Å². The lowest BCUT2D eigenvalue weighted by atomic mass is 9.97. The van der Waals surface area contributed by atoms with Gasteiger partial charge in [-0.15, -0.1) is 0 Å². The molecule has 0 atom stereocenters. The molecule has 7 heteroatoms. The van der Waals surface area contributed by atoms with Crippen LogP contribution in [0.25, 0.3) is 10.2 Å². The molecule has 0 aliphatic carbocycles. The van der Waals surface area contributed by atoms with Crippen LogP contribution in [0, 0.1) is 11.3 Å². The van der Waals surface area contributed by atoms with Crippen molar-refractivity contribution in [1.82, 2.24) is 9.47 Å². The van der Waals surface area contributed by atoms with Crippen LogP contribution >= 0.6 is 11.3 Å². The topological polar surface area (TPSA) is 67.5 Å². The van der Waals surface area contributed by atoms with Crippen molar-refractivity contribution in [2.24, 2.45) is 5.92 Å². The summed E-state index contributed by atoms with van der Waals surface area (Å²) in [6.07, 6.45) is 1.64. The minimum Gasteiger partial charge on any atom is -0.497 e. The van der Waals surface area contributed by atoms with Gasteiger partial charge in [-0.3, -0.25) is 5.41 Å². The number of likely N-dealkylation sites (tertiary alicyclic amines) is 1. The van der Waals surface area contributed by atoms with Crippen LogP contribution in [0.1, 0.15) is 33.6 Å². The Hall–Kier alpha value is -2.02. The zero-order valence-electron chi connectivity index (χ0n) is 15.9. The third-order valence-corrected chi connectivity index (χ3v) is 5.58. The second-order valence-electron chi connectivity index (χ2n) is 7.76. The SMILES string of the molecule is COc1ccc2c(c1)sc(=N)n2CC1CCN(C(=O)OC(C)(C)C)CC1. The number of hydrogen-bond acceptors (Lipinski definition) is 5. The van der Waals surface area contributed by atoms with E-state index < -0.39 is 5.60 Å². The van der Waals surface area contributed by atoms with Crippen molar-refractivity contribution in [1.29, 1.82) is 5.41 Å². The molecule has 26 heavy (non-hydrogen) atoms. The van der Waals surface area contributed by atoms with Crippen molar-refractivity contribution in [2.45, 2.75) is 45.8 Å². The molecule has 0 unspecified atom stereocenters. The maximum absolute atomic E-state index is 12.2. The molecule has 0 radical (unpaired) electrons. The van der Waals surface area contributed by atoms with E-state index in [1.165, 1.54) is 11.3 Å². The molecular weight excluding hydrogens is 350 g/mol.